The van der Waals surface area contributed by atoms with Crippen LogP contribution in [0.5, 0.6) is 5.75 Å². The smallest absolute Gasteiger partial charge is 0.264 e. The van der Waals surface area contributed by atoms with Gasteiger partial charge in [-0.3, -0.25) is 10.1 Å². The Labute approximate surface area is 136 Å². The molecule has 0 spiro atoms. The number of nitrogens with zero attached hydrogens (tertiary/aromatic N) is 1. The Hall–Kier alpha value is -1.40. The topological polar surface area (TPSA) is 51.2 Å². The summed E-state index contributed by atoms with van der Waals surface area (Å²) < 4.78 is 6.38. The Morgan fingerprint density at radius 3 is 2.76 bits per heavy atom. The molecule has 0 saturated carbocycles. The first-order chi connectivity index (χ1) is 9.86. The van der Waals surface area contributed by atoms with Crippen LogP contribution >= 0.6 is 27.3 Å². The third-order valence-electron chi connectivity index (χ3n) is 2.84. The number of ether oxygens (including phenoxy) is 1. The van der Waals surface area contributed by atoms with Crippen LogP contribution in [-0.4, -0.2) is 17.5 Å². The van der Waals surface area contributed by atoms with E-state index in [1.165, 1.54) is 16.9 Å². The normalized spacial score (nSPS) is 11.2. The van der Waals surface area contributed by atoms with Crippen LogP contribution < -0.4 is 10.1 Å². The quantitative estimate of drug-likeness (QED) is 0.878. The number of carbonyl (C=O) groups is 1. The predicted octanol–water partition coefficient (Wildman–Crippen LogP) is 4.22. The number of hydrogen-bond donors (Lipinski definition) is 1. The fourth-order valence-electron chi connectivity index (χ4n) is 1.67. The van der Waals surface area contributed by atoms with E-state index in [1.807, 2.05) is 18.2 Å². The van der Waals surface area contributed by atoms with E-state index >= 15 is 0 Å². The molecule has 0 saturated heterocycles. The van der Waals surface area contributed by atoms with E-state index in [0.29, 0.717) is 10.9 Å². The van der Waals surface area contributed by atoms with Gasteiger partial charge >= 0.3 is 0 Å². The molecular formula is C15H17BrN2O2S. The van der Waals surface area contributed by atoms with Gasteiger partial charge in [0.15, 0.2) is 11.7 Å². The largest absolute Gasteiger partial charge is 0.483 e. The molecular weight excluding hydrogens is 352 g/mol. The standard InChI is InChI=1S/C15H17BrN2O2S/c1-15(2,3)10-4-5-12(11(16)8-10)20-9-13(19)18-14-17-6-7-21-14/h4-8H,9H2,1-3H3,(H,17,18,19). The van der Waals surface area contributed by atoms with Crippen molar-refractivity contribution in [2.45, 2.75) is 26.2 Å². The highest BCUT2D eigenvalue weighted by molar-refractivity contribution is 9.10. The molecule has 0 radical (unpaired) electrons. The zero-order valence-corrected chi connectivity index (χ0v) is 14.5. The van der Waals surface area contributed by atoms with Crippen molar-refractivity contribution in [2.75, 3.05) is 11.9 Å². The number of anilines is 1. The van der Waals surface area contributed by atoms with E-state index in [2.05, 4.69) is 47.0 Å². The minimum Gasteiger partial charge on any atom is -0.483 e. The van der Waals surface area contributed by atoms with Crippen LogP contribution in [-0.2, 0) is 10.2 Å². The summed E-state index contributed by atoms with van der Waals surface area (Å²) in [5.74, 6) is 0.425. The third-order valence-corrected chi connectivity index (χ3v) is 4.14. The number of carbonyl (C=O) groups excluding carboxylic acids is 1. The van der Waals surface area contributed by atoms with E-state index < -0.39 is 0 Å². The Morgan fingerprint density at radius 2 is 2.19 bits per heavy atom. The van der Waals surface area contributed by atoms with Gasteiger partial charge in [0.2, 0.25) is 0 Å². The van der Waals surface area contributed by atoms with E-state index in [1.54, 1.807) is 11.6 Å². The Kier molecular flexibility index (Phi) is 5.00. The van der Waals surface area contributed by atoms with Crippen LogP contribution in [0.15, 0.2) is 34.2 Å². The van der Waals surface area contributed by atoms with E-state index in [9.17, 15) is 4.79 Å². The maximum atomic E-state index is 11.7. The first kappa shape index (κ1) is 16.0. The zero-order valence-electron chi connectivity index (χ0n) is 12.1. The van der Waals surface area contributed by atoms with Gasteiger partial charge in [0.1, 0.15) is 5.75 Å². The average molecular weight is 369 g/mol. The molecule has 0 aliphatic rings. The van der Waals surface area contributed by atoms with Crippen molar-refractivity contribution in [3.05, 3.63) is 39.8 Å². The zero-order chi connectivity index (χ0) is 15.5. The summed E-state index contributed by atoms with van der Waals surface area (Å²) in [6.45, 7) is 6.40. The monoisotopic (exact) mass is 368 g/mol. The van der Waals surface area contributed by atoms with Crippen LogP contribution in [0.4, 0.5) is 5.13 Å². The van der Waals surface area contributed by atoms with Crippen molar-refractivity contribution in [2.24, 2.45) is 0 Å². The number of hydrogen-bond acceptors (Lipinski definition) is 4. The highest BCUT2D eigenvalue weighted by Gasteiger charge is 2.15. The molecule has 4 nitrogen and oxygen atoms in total. The maximum Gasteiger partial charge on any atom is 0.264 e. The van der Waals surface area contributed by atoms with Crippen LogP contribution in [0.3, 0.4) is 0 Å². The lowest BCUT2D eigenvalue weighted by atomic mass is 9.87. The van der Waals surface area contributed by atoms with Crippen molar-refractivity contribution in [1.29, 1.82) is 0 Å². The summed E-state index contributed by atoms with van der Waals surface area (Å²) in [6, 6.07) is 5.91. The Morgan fingerprint density at radius 1 is 1.43 bits per heavy atom. The third kappa shape index (κ3) is 4.54. The second kappa shape index (κ2) is 6.58. The maximum absolute atomic E-state index is 11.7. The number of benzene rings is 1. The van der Waals surface area contributed by atoms with Gasteiger partial charge in [-0.15, -0.1) is 11.3 Å². The second-order valence-electron chi connectivity index (χ2n) is 5.57. The van der Waals surface area contributed by atoms with E-state index in [-0.39, 0.29) is 17.9 Å². The van der Waals surface area contributed by atoms with Gasteiger partial charge in [0.25, 0.3) is 5.91 Å². The van der Waals surface area contributed by atoms with Gasteiger partial charge < -0.3 is 4.74 Å². The lowest BCUT2D eigenvalue weighted by Crippen LogP contribution is -2.20. The number of thiazole rings is 1. The molecule has 1 aromatic carbocycles. The summed E-state index contributed by atoms with van der Waals surface area (Å²) in [5.41, 5.74) is 1.28. The van der Waals surface area contributed by atoms with Crippen molar-refractivity contribution in [3.8, 4) is 5.75 Å². The molecule has 1 amide bonds. The highest BCUT2D eigenvalue weighted by atomic mass is 79.9. The molecule has 0 aliphatic heterocycles. The minimum absolute atomic E-state index is 0.0486. The van der Waals surface area contributed by atoms with E-state index in [4.69, 9.17) is 4.74 Å². The van der Waals surface area contributed by atoms with Crippen molar-refractivity contribution in [1.82, 2.24) is 4.98 Å². The number of halogens is 1. The summed E-state index contributed by atoms with van der Waals surface area (Å²) in [6.07, 6.45) is 1.64. The Balaban J connectivity index is 1.96. The number of amides is 1. The summed E-state index contributed by atoms with van der Waals surface area (Å²) in [7, 11) is 0. The lowest BCUT2D eigenvalue weighted by Gasteiger charge is -2.20. The van der Waals surface area contributed by atoms with Crippen molar-refractivity contribution in [3.63, 3.8) is 0 Å². The minimum atomic E-state index is -0.225. The van der Waals surface area contributed by atoms with E-state index in [0.717, 1.165) is 4.47 Å². The summed E-state index contributed by atoms with van der Waals surface area (Å²) >= 11 is 4.86. The molecule has 0 aliphatic carbocycles. The van der Waals surface area contributed by atoms with Gasteiger partial charge in [-0.2, -0.15) is 0 Å². The van der Waals surface area contributed by atoms with Gasteiger partial charge in [0.05, 0.1) is 4.47 Å². The van der Waals surface area contributed by atoms with Crippen LogP contribution in [0.2, 0.25) is 0 Å². The average Bonchev–Trinajstić information content (AvgIpc) is 2.89. The highest BCUT2D eigenvalue weighted by Crippen LogP contribution is 2.31. The summed E-state index contributed by atoms with van der Waals surface area (Å²) in [5, 5.41) is 5.05. The van der Waals surface area contributed by atoms with Crippen molar-refractivity contribution >= 4 is 38.3 Å². The number of nitrogens with one attached hydrogen (secondary N) is 1. The molecule has 2 aromatic rings. The number of aromatic nitrogens is 1. The van der Waals surface area contributed by atoms with Gasteiger partial charge in [-0.25, -0.2) is 4.98 Å². The van der Waals surface area contributed by atoms with Gasteiger partial charge in [-0.1, -0.05) is 26.8 Å². The first-order valence-corrected chi connectivity index (χ1v) is 8.16. The van der Waals surface area contributed by atoms with Crippen LogP contribution in [0.1, 0.15) is 26.3 Å². The predicted molar refractivity (Wildman–Crippen MR) is 89.1 cm³/mol. The molecule has 6 heteroatoms. The molecule has 1 N–H and O–H groups in total. The van der Waals surface area contributed by atoms with Gasteiger partial charge in [0, 0.05) is 11.6 Å². The molecule has 21 heavy (non-hydrogen) atoms. The Bertz CT molecular complexity index is 621. The fraction of sp³-hybridized carbons (Fsp3) is 0.333. The van der Waals surface area contributed by atoms with Crippen LogP contribution in [0, 0.1) is 0 Å². The van der Waals surface area contributed by atoms with Crippen LogP contribution in [0.25, 0.3) is 0 Å². The van der Waals surface area contributed by atoms with Gasteiger partial charge in [-0.05, 0) is 39.0 Å². The number of rotatable bonds is 4. The molecule has 1 aromatic heterocycles. The molecule has 1 heterocycles. The first-order valence-electron chi connectivity index (χ1n) is 6.48. The SMILES string of the molecule is CC(C)(C)c1ccc(OCC(=O)Nc2nccs2)c(Br)c1. The molecule has 0 fully saturated rings. The molecule has 0 unspecified atom stereocenters. The lowest BCUT2D eigenvalue weighted by molar-refractivity contribution is -0.118. The van der Waals surface area contributed by atoms with Crippen molar-refractivity contribution < 1.29 is 9.53 Å². The second-order valence-corrected chi connectivity index (χ2v) is 7.32. The molecule has 0 atom stereocenters. The summed E-state index contributed by atoms with van der Waals surface area (Å²) in [4.78, 5) is 15.7. The molecule has 0 bridgehead atoms. The molecule has 112 valence electrons. The fourth-order valence-corrected chi connectivity index (χ4v) is 2.71. The molecule has 2 rings (SSSR count).